The fourth-order valence-electron chi connectivity index (χ4n) is 0.692. The summed E-state index contributed by atoms with van der Waals surface area (Å²) in [6, 6.07) is 0. The van der Waals surface area contributed by atoms with Gasteiger partial charge in [-0.1, -0.05) is 16.8 Å². The van der Waals surface area contributed by atoms with Crippen LogP contribution in [-0.2, 0) is 10.3 Å². The zero-order valence-corrected chi connectivity index (χ0v) is 7.41. The van der Waals surface area contributed by atoms with E-state index in [0.29, 0.717) is 0 Å². The van der Waals surface area contributed by atoms with Crippen LogP contribution in [0.25, 0.3) is 0 Å². The normalized spacial score (nSPS) is 11.6. The van der Waals surface area contributed by atoms with E-state index in [1.165, 1.54) is 20.0 Å². The Bertz CT molecular complexity index is 307. The summed E-state index contributed by atoms with van der Waals surface area (Å²) >= 11 is 5.64. The van der Waals surface area contributed by atoms with Crippen molar-refractivity contribution < 1.29 is 9.90 Å². The maximum absolute atomic E-state index is 10.7. The van der Waals surface area contributed by atoms with Crippen LogP contribution >= 0.6 is 11.6 Å². The summed E-state index contributed by atoms with van der Waals surface area (Å²) in [5, 5.41) is 16.1. The summed E-state index contributed by atoms with van der Waals surface area (Å²) in [6.45, 7) is 2.99. The van der Waals surface area contributed by atoms with Gasteiger partial charge in [0.2, 0.25) is 0 Å². The predicted octanol–water partition coefficient (Wildman–Crippen LogP) is 0.751. The van der Waals surface area contributed by atoms with Crippen LogP contribution in [0.2, 0.25) is 5.15 Å². The molecule has 66 valence electrons. The number of nitrogens with zero attached hydrogens (tertiary/aromatic N) is 3. The Kier molecular flexibility index (Phi) is 2.06. The third-order valence-electron chi connectivity index (χ3n) is 1.56. The Labute approximate surface area is 73.9 Å². The number of carboxylic acid groups (broad SMARTS) is 1. The molecule has 1 rings (SSSR count). The molecule has 1 N–H and O–H groups in total. The molecule has 0 aromatic carbocycles. The highest BCUT2D eigenvalue weighted by Gasteiger charge is 2.32. The van der Waals surface area contributed by atoms with Gasteiger partial charge in [0.15, 0.2) is 5.54 Å². The molecule has 0 saturated carbocycles. The molecule has 0 radical (unpaired) electrons. The first-order valence-electron chi connectivity index (χ1n) is 3.26. The van der Waals surface area contributed by atoms with Crippen molar-refractivity contribution >= 4 is 17.6 Å². The van der Waals surface area contributed by atoms with Crippen LogP contribution in [0.1, 0.15) is 13.8 Å². The summed E-state index contributed by atoms with van der Waals surface area (Å²) in [6.07, 6.45) is 1.30. The highest BCUT2D eigenvalue weighted by Crippen LogP contribution is 2.18. The van der Waals surface area contributed by atoms with Crippen LogP contribution in [0.4, 0.5) is 0 Å². The van der Waals surface area contributed by atoms with E-state index in [0.717, 1.165) is 4.68 Å². The van der Waals surface area contributed by atoms with E-state index in [1.54, 1.807) is 0 Å². The van der Waals surface area contributed by atoms with Gasteiger partial charge < -0.3 is 5.11 Å². The smallest absolute Gasteiger partial charge is 0.331 e. The van der Waals surface area contributed by atoms with E-state index >= 15 is 0 Å². The lowest BCUT2D eigenvalue weighted by atomic mass is 10.1. The van der Waals surface area contributed by atoms with Crippen molar-refractivity contribution in [3.63, 3.8) is 0 Å². The zero-order chi connectivity index (χ0) is 9.35. The van der Waals surface area contributed by atoms with Gasteiger partial charge in [-0.05, 0) is 13.8 Å². The van der Waals surface area contributed by atoms with Gasteiger partial charge in [-0.3, -0.25) is 0 Å². The van der Waals surface area contributed by atoms with Crippen LogP contribution in [-0.4, -0.2) is 26.1 Å². The van der Waals surface area contributed by atoms with Gasteiger partial charge in [-0.2, -0.15) is 0 Å². The van der Waals surface area contributed by atoms with E-state index in [9.17, 15) is 4.79 Å². The summed E-state index contributed by atoms with van der Waals surface area (Å²) in [5.41, 5.74) is -1.16. The Morgan fingerprint density at radius 2 is 2.33 bits per heavy atom. The molecule has 0 aliphatic rings. The second-order valence-electron chi connectivity index (χ2n) is 2.83. The molecule has 12 heavy (non-hydrogen) atoms. The van der Waals surface area contributed by atoms with Crippen molar-refractivity contribution in [1.29, 1.82) is 0 Å². The van der Waals surface area contributed by atoms with Crippen molar-refractivity contribution in [2.75, 3.05) is 0 Å². The number of rotatable bonds is 2. The Balaban J connectivity index is 3.13. The van der Waals surface area contributed by atoms with Gasteiger partial charge in [0.25, 0.3) is 0 Å². The number of aromatic nitrogens is 3. The quantitative estimate of drug-likeness (QED) is 0.746. The lowest BCUT2D eigenvalue weighted by molar-refractivity contribution is -0.146. The minimum atomic E-state index is -1.16. The lowest BCUT2D eigenvalue weighted by Crippen LogP contribution is -2.36. The van der Waals surface area contributed by atoms with Crippen LogP contribution in [0.5, 0.6) is 0 Å². The molecule has 1 heterocycles. The third-order valence-corrected chi connectivity index (χ3v) is 1.82. The molecule has 1 aromatic rings. The maximum atomic E-state index is 10.7. The maximum Gasteiger partial charge on any atom is 0.331 e. The van der Waals surface area contributed by atoms with Crippen LogP contribution < -0.4 is 0 Å². The van der Waals surface area contributed by atoms with Gasteiger partial charge in [0.1, 0.15) is 5.15 Å². The van der Waals surface area contributed by atoms with Gasteiger partial charge in [0, 0.05) is 0 Å². The van der Waals surface area contributed by atoms with E-state index in [2.05, 4.69) is 10.3 Å². The highest BCUT2D eigenvalue weighted by molar-refractivity contribution is 6.29. The van der Waals surface area contributed by atoms with Crippen molar-refractivity contribution in [3.8, 4) is 0 Å². The number of hydrogen-bond donors (Lipinski definition) is 1. The van der Waals surface area contributed by atoms with Gasteiger partial charge in [-0.25, -0.2) is 9.48 Å². The first-order valence-corrected chi connectivity index (χ1v) is 3.64. The monoisotopic (exact) mass is 189 g/mol. The van der Waals surface area contributed by atoms with Crippen molar-refractivity contribution in [1.82, 2.24) is 15.0 Å². The minimum Gasteiger partial charge on any atom is -0.479 e. The molecule has 0 amide bonds. The molecular formula is C6H8ClN3O2. The topological polar surface area (TPSA) is 68.0 Å². The number of carboxylic acids is 1. The number of aliphatic carboxylic acids is 1. The molecule has 5 nitrogen and oxygen atoms in total. The Hall–Kier alpha value is -1.10. The highest BCUT2D eigenvalue weighted by atomic mass is 35.5. The molecule has 0 aliphatic heterocycles. The summed E-state index contributed by atoms with van der Waals surface area (Å²) in [4.78, 5) is 10.7. The van der Waals surface area contributed by atoms with E-state index in [4.69, 9.17) is 16.7 Å². The van der Waals surface area contributed by atoms with Crippen LogP contribution in [0, 0.1) is 0 Å². The fraction of sp³-hybridized carbons (Fsp3) is 0.500. The van der Waals surface area contributed by atoms with Gasteiger partial charge >= 0.3 is 5.97 Å². The summed E-state index contributed by atoms with van der Waals surface area (Å²) in [5.74, 6) is -1.00. The van der Waals surface area contributed by atoms with E-state index < -0.39 is 11.5 Å². The third kappa shape index (κ3) is 1.27. The van der Waals surface area contributed by atoms with Crippen LogP contribution in [0.15, 0.2) is 6.20 Å². The molecule has 0 bridgehead atoms. The van der Waals surface area contributed by atoms with Crippen LogP contribution in [0.3, 0.4) is 0 Å². The molecule has 0 fully saturated rings. The number of hydrogen-bond acceptors (Lipinski definition) is 3. The fourth-order valence-corrected chi connectivity index (χ4v) is 0.981. The van der Waals surface area contributed by atoms with Gasteiger partial charge in [-0.15, -0.1) is 5.10 Å². The molecule has 6 heteroatoms. The molecule has 0 spiro atoms. The number of halogens is 1. The molecule has 0 aliphatic carbocycles. The van der Waals surface area contributed by atoms with Gasteiger partial charge in [0.05, 0.1) is 6.20 Å². The predicted molar refractivity (Wildman–Crippen MR) is 42.0 cm³/mol. The standard InChI is InChI=1S/C6H8ClN3O2/c1-6(2,5(11)12)10-4(7)3-8-9-10/h3H,1-2H3,(H,11,12). The molecule has 0 atom stereocenters. The first kappa shape index (κ1) is 8.99. The molecule has 1 aromatic heterocycles. The minimum absolute atomic E-state index is 0.211. The van der Waals surface area contributed by atoms with Crippen molar-refractivity contribution in [2.45, 2.75) is 19.4 Å². The SMILES string of the molecule is CC(C)(C(=O)O)n1nncc1Cl. The zero-order valence-electron chi connectivity index (χ0n) is 6.65. The molecular weight excluding hydrogens is 182 g/mol. The summed E-state index contributed by atoms with van der Waals surface area (Å²) < 4.78 is 1.15. The first-order chi connectivity index (χ1) is 5.46. The lowest BCUT2D eigenvalue weighted by Gasteiger charge is -2.19. The second-order valence-corrected chi connectivity index (χ2v) is 3.22. The Morgan fingerprint density at radius 1 is 1.75 bits per heavy atom. The largest absolute Gasteiger partial charge is 0.479 e. The molecule has 0 saturated heterocycles. The number of carbonyl (C=O) groups is 1. The van der Waals surface area contributed by atoms with Crippen molar-refractivity contribution in [2.24, 2.45) is 0 Å². The average Bonchev–Trinajstić information content (AvgIpc) is 2.35. The van der Waals surface area contributed by atoms with E-state index in [1.807, 2.05) is 0 Å². The second kappa shape index (κ2) is 2.75. The van der Waals surface area contributed by atoms with E-state index in [-0.39, 0.29) is 5.15 Å². The summed E-state index contributed by atoms with van der Waals surface area (Å²) in [7, 11) is 0. The Morgan fingerprint density at radius 3 is 2.67 bits per heavy atom. The van der Waals surface area contributed by atoms with Crippen molar-refractivity contribution in [3.05, 3.63) is 11.3 Å². The average molecular weight is 190 g/mol. The molecule has 0 unspecified atom stereocenters.